The molecule has 4 unspecified atom stereocenters. The monoisotopic (exact) mass is 622 g/mol. The Balaban J connectivity index is 1.14. The molecule has 4 fully saturated rings. The molecule has 4 aliphatic heterocycles. The molecule has 4 atom stereocenters. The third-order valence-electron chi connectivity index (χ3n) is 8.72. The zero-order chi connectivity index (χ0) is 30.7. The van der Waals surface area contributed by atoms with Gasteiger partial charge in [0.2, 0.25) is 0 Å². The maximum Gasteiger partial charge on any atom is 0.145 e. The van der Waals surface area contributed by atoms with Crippen LogP contribution in [0.3, 0.4) is 0 Å². The molecular weight excluding hydrogens is 584 g/mol. The van der Waals surface area contributed by atoms with Crippen LogP contribution in [0.4, 0.5) is 0 Å². The summed E-state index contributed by atoms with van der Waals surface area (Å²) >= 11 is 0. The van der Waals surface area contributed by atoms with Gasteiger partial charge in [0.25, 0.3) is 0 Å². The highest BCUT2D eigenvalue weighted by Gasteiger charge is 2.30. The highest BCUT2D eigenvalue weighted by atomic mass is 16.6. The van der Waals surface area contributed by atoms with Crippen molar-refractivity contribution >= 4 is 0 Å². The molecule has 0 aliphatic carbocycles. The average molecular weight is 623 g/mol. The first-order valence-electron chi connectivity index (χ1n) is 16.1. The second-order valence-corrected chi connectivity index (χ2v) is 12.3. The molecule has 0 radical (unpaired) electrons. The van der Waals surface area contributed by atoms with E-state index in [1.807, 2.05) is 0 Å². The summed E-state index contributed by atoms with van der Waals surface area (Å²) in [5.74, 6) is 3.33. The summed E-state index contributed by atoms with van der Waals surface area (Å²) in [4.78, 5) is 0. The van der Waals surface area contributed by atoms with Gasteiger partial charge in [-0.15, -0.1) is 0 Å². The minimum Gasteiger partial charge on any atom is -0.491 e. The SMILES string of the molecule is c1cc(C(c2ccc(OCC3CO3)cc2)C(c2ccc(OCC3CO3)cc2)c2ccc(OC3COC3)cc2)ccc1OCC1CO1. The molecule has 0 amide bonds. The Morgan fingerprint density at radius 1 is 0.435 bits per heavy atom. The Morgan fingerprint density at radius 3 is 1.00 bits per heavy atom. The van der Waals surface area contributed by atoms with E-state index in [2.05, 4.69) is 97.1 Å². The summed E-state index contributed by atoms with van der Waals surface area (Å²) in [5, 5.41) is 0. The van der Waals surface area contributed by atoms with Crippen LogP contribution in [0, 0.1) is 0 Å². The van der Waals surface area contributed by atoms with Crippen LogP contribution in [-0.2, 0) is 18.9 Å². The Kier molecular flexibility index (Phi) is 8.51. The Labute approximate surface area is 269 Å². The van der Waals surface area contributed by atoms with Crippen molar-refractivity contribution in [1.82, 2.24) is 0 Å². The lowest BCUT2D eigenvalue weighted by molar-refractivity contribution is -0.0796. The number of rotatable bonds is 16. The van der Waals surface area contributed by atoms with E-state index >= 15 is 0 Å². The lowest BCUT2D eigenvalue weighted by atomic mass is 9.73. The van der Waals surface area contributed by atoms with Crippen molar-refractivity contribution < 1.29 is 37.9 Å². The lowest BCUT2D eigenvalue weighted by Gasteiger charge is -2.30. The van der Waals surface area contributed by atoms with Crippen molar-refractivity contribution in [2.45, 2.75) is 36.3 Å². The first-order valence-corrected chi connectivity index (χ1v) is 16.1. The van der Waals surface area contributed by atoms with Crippen molar-refractivity contribution in [3.05, 3.63) is 119 Å². The third-order valence-corrected chi connectivity index (χ3v) is 8.72. The molecule has 8 rings (SSSR count). The zero-order valence-corrected chi connectivity index (χ0v) is 25.6. The molecule has 8 nitrogen and oxygen atoms in total. The first-order chi connectivity index (χ1) is 22.7. The molecule has 46 heavy (non-hydrogen) atoms. The maximum absolute atomic E-state index is 6.10. The predicted octanol–water partition coefficient (Wildman–Crippen LogP) is 5.76. The standard InChI is InChI=1S/C38H38O8/c1-9-29(40-19-33-22-43-33)10-2-25(1)37(26-3-11-30(12-4-26)41-20-34-23-44-34)38(27-5-13-31(14-6-27)42-21-35-24-45-35)28-7-15-32(16-8-28)46-36-17-39-18-36/h1-16,33-38H,17-24H2. The van der Waals surface area contributed by atoms with E-state index in [4.69, 9.17) is 37.9 Å². The molecule has 0 N–H and O–H groups in total. The van der Waals surface area contributed by atoms with Crippen LogP contribution < -0.4 is 18.9 Å². The summed E-state index contributed by atoms with van der Waals surface area (Å²) in [7, 11) is 0. The van der Waals surface area contributed by atoms with E-state index < -0.39 is 0 Å². The molecule has 0 spiro atoms. The molecule has 4 saturated heterocycles. The van der Waals surface area contributed by atoms with E-state index in [9.17, 15) is 0 Å². The third kappa shape index (κ3) is 7.48. The van der Waals surface area contributed by atoms with Crippen LogP contribution in [0.1, 0.15) is 34.1 Å². The highest BCUT2D eigenvalue weighted by molar-refractivity contribution is 5.48. The first kappa shape index (κ1) is 29.3. The number of ether oxygens (including phenoxy) is 8. The van der Waals surface area contributed by atoms with Gasteiger partial charge in [0.05, 0.1) is 33.0 Å². The van der Waals surface area contributed by atoms with Gasteiger partial charge in [-0.2, -0.15) is 0 Å². The van der Waals surface area contributed by atoms with Gasteiger partial charge in [0.1, 0.15) is 67.2 Å². The van der Waals surface area contributed by atoms with E-state index in [-0.39, 0.29) is 36.3 Å². The van der Waals surface area contributed by atoms with Gasteiger partial charge in [-0.05, 0) is 70.8 Å². The molecule has 4 heterocycles. The quantitative estimate of drug-likeness (QED) is 0.146. The minimum atomic E-state index is -0.0138. The van der Waals surface area contributed by atoms with Crippen LogP contribution in [0.5, 0.6) is 23.0 Å². The smallest absolute Gasteiger partial charge is 0.145 e. The van der Waals surface area contributed by atoms with Crippen molar-refractivity contribution in [2.75, 3.05) is 52.9 Å². The summed E-state index contributed by atoms with van der Waals surface area (Å²) in [6.45, 7) is 5.29. The van der Waals surface area contributed by atoms with Crippen molar-refractivity contribution in [3.8, 4) is 23.0 Å². The molecule has 4 aromatic carbocycles. The normalized spacial score (nSPS) is 22.7. The second kappa shape index (κ2) is 13.3. The van der Waals surface area contributed by atoms with Gasteiger partial charge < -0.3 is 37.9 Å². The molecule has 0 saturated carbocycles. The molecule has 238 valence electrons. The minimum absolute atomic E-state index is 0.0137. The fraction of sp³-hybridized carbons (Fsp3) is 0.368. The van der Waals surface area contributed by atoms with E-state index in [0.29, 0.717) is 33.0 Å². The zero-order valence-electron chi connectivity index (χ0n) is 25.6. The molecule has 4 aliphatic rings. The topological polar surface area (TPSA) is 83.7 Å². The van der Waals surface area contributed by atoms with Crippen LogP contribution in [0.25, 0.3) is 0 Å². The highest BCUT2D eigenvalue weighted by Crippen LogP contribution is 2.44. The molecule has 0 bridgehead atoms. The van der Waals surface area contributed by atoms with Crippen LogP contribution >= 0.6 is 0 Å². The largest absolute Gasteiger partial charge is 0.491 e. The van der Waals surface area contributed by atoms with E-state index in [1.54, 1.807) is 0 Å². The average Bonchev–Trinajstić information content (AvgIpc) is 3.91. The van der Waals surface area contributed by atoms with Gasteiger partial charge >= 0.3 is 0 Å². The van der Waals surface area contributed by atoms with Gasteiger partial charge in [0.15, 0.2) is 0 Å². The summed E-state index contributed by atoms with van der Waals surface area (Å²) in [5.41, 5.74) is 4.72. The fourth-order valence-electron chi connectivity index (χ4n) is 5.76. The van der Waals surface area contributed by atoms with Gasteiger partial charge in [0, 0.05) is 11.8 Å². The van der Waals surface area contributed by atoms with Gasteiger partial charge in [-0.1, -0.05) is 48.5 Å². The Bertz CT molecular complexity index is 1500. The number of hydrogen-bond acceptors (Lipinski definition) is 8. The van der Waals surface area contributed by atoms with Crippen LogP contribution in [0.2, 0.25) is 0 Å². The lowest BCUT2D eigenvalue weighted by Crippen LogP contribution is -2.38. The number of hydrogen-bond donors (Lipinski definition) is 0. The molecule has 8 heteroatoms. The van der Waals surface area contributed by atoms with E-state index in [0.717, 1.165) is 42.8 Å². The van der Waals surface area contributed by atoms with Crippen molar-refractivity contribution in [2.24, 2.45) is 0 Å². The predicted molar refractivity (Wildman–Crippen MR) is 170 cm³/mol. The maximum atomic E-state index is 6.10. The van der Waals surface area contributed by atoms with Crippen LogP contribution in [-0.4, -0.2) is 77.3 Å². The Hall–Kier alpha value is -4.08. The molecule has 0 aromatic heterocycles. The second-order valence-electron chi connectivity index (χ2n) is 12.3. The Morgan fingerprint density at radius 2 is 0.739 bits per heavy atom. The van der Waals surface area contributed by atoms with Crippen molar-refractivity contribution in [3.63, 3.8) is 0 Å². The van der Waals surface area contributed by atoms with Crippen molar-refractivity contribution in [1.29, 1.82) is 0 Å². The van der Waals surface area contributed by atoms with E-state index in [1.165, 1.54) is 22.3 Å². The fourth-order valence-corrected chi connectivity index (χ4v) is 5.76. The number of benzene rings is 4. The summed E-state index contributed by atoms with van der Waals surface area (Å²) in [6.07, 6.45) is 0.729. The van der Waals surface area contributed by atoms with Gasteiger partial charge in [-0.3, -0.25) is 0 Å². The van der Waals surface area contributed by atoms with Crippen LogP contribution in [0.15, 0.2) is 97.1 Å². The molecule has 4 aromatic rings. The number of epoxide rings is 3. The summed E-state index contributed by atoms with van der Waals surface area (Å²) in [6, 6.07) is 33.9. The molecular formula is C38H38O8. The summed E-state index contributed by atoms with van der Waals surface area (Å²) < 4.78 is 45.4. The van der Waals surface area contributed by atoms with Gasteiger partial charge in [-0.25, -0.2) is 0 Å².